The van der Waals surface area contributed by atoms with Gasteiger partial charge in [-0.3, -0.25) is 4.79 Å². The number of anilines is 1. The van der Waals surface area contributed by atoms with E-state index in [-0.39, 0.29) is 23.3 Å². The second kappa shape index (κ2) is 10.2. The number of ether oxygens (including phenoxy) is 1. The first-order valence-corrected chi connectivity index (χ1v) is 11.5. The Morgan fingerprint density at radius 3 is 2.35 bits per heavy atom. The Balaban J connectivity index is 1.56. The quantitative estimate of drug-likeness (QED) is 0.522. The van der Waals surface area contributed by atoms with Gasteiger partial charge in [-0.15, -0.1) is 0 Å². The van der Waals surface area contributed by atoms with Crippen LogP contribution in [0.5, 0.6) is 5.75 Å². The number of benzene rings is 3. The van der Waals surface area contributed by atoms with Crippen molar-refractivity contribution < 1.29 is 17.9 Å². The van der Waals surface area contributed by atoms with Gasteiger partial charge >= 0.3 is 0 Å². The molecule has 0 aromatic heterocycles. The molecule has 6 nitrogen and oxygen atoms in total. The summed E-state index contributed by atoms with van der Waals surface area (Å²) < 4.78 is 33.2. The lowest BCUT2D eigenvalue weighted by molar-refractivity contribution is -0.116. The van der Waals surface area contributed by atoms with Crippen LogP contribution >= 0.6 is 0 Å². The molecular weight excluding hydrogens is 412 g/mol. The van der Waals surface area contributed by atoms with Crippen molar-refractivity contribution in [3.63, 3.8) is 0 Å². The molecule has 0 aliphatic carbocycles. The van der Waals surface area contributed by atoms with Gasteiger partial charge in [0.05, 0.1) is 12.0 Å². The van der Waals surface area contributed by atoms with E-state index in [1.807, 2.05) is 37.3 Å². The zero-order valence-corrected chi connectivity index (χ0v) is 18.4. The Bertz CT molecular complexity index is 1110. The summed E-state index contributed by atoms with van der Waals surface area (Å²) in [5.41, 5.74) is 2.45. The highest BCUT2D eigenvalue weighted by atomic mass is 32.2. The predicted molar refractivity (Wildman–Crippen MR) is 122 cm³/mol. The summed E-state index contributed by atoms with van der Waals surface area (Å²) in [5.74, 6) is 0.549. The highest BCUT2D eigenvalue weighted by Gasteiger charge is 2.18. The zero-order chi connectivity index (χ0) is 22.3. The number of hydrogen-bond acceptors (Lipinski definition) is 4. The molecule has 1 amide bonds. The van der Waals surface area contributed by atoms with E-state index >= 15 is 0 Å². The molecule has 0 aliphatic heterocycles. The van der Waals surface area contributed by atoms with Crippen LogP contribution in [0.2, 0.25) is 0 Å². The zero-order valence-electron chi connectivity index (χ0n) is 17.5. The Kier molecular flexibility index (Phi) is 7.44. The van der Waals surface area contributed by atoms with Gasteiger partial charge in [-0.05, 0) is 48.7 Å². The maximum atomic E-state index is 12.7. The fourth-order valence-corrected chi connectivity index (χ4v) is 4.36. The fraction of sp³-hybridized carbons (Fsp3) is 0.208. The molecule has 0 spiro atoms. The highest BCUT2D eigenvalue weighted by molar-refractivity contribution is 7.89. The third-order valence-corrected chi connectivity index (χ3v) is 6.42. The van der Waals surface area contributed by atoms with Gasteiger partial charge in [0.25, 0.3) is 0 Å². The third-order valence-electron chi connectivity index (χ3n) is 4.86. The largest absolute Gasteiger partial charge is 0.497 e. The van der Waals surface area contributed by atoms with E-state index in [2.05, 4.69) is 10.0 Å². The fourth-order valence-electron chi connectivity index (χ4n) is 3.13. The van der Waals surface area contributed by atoms with Crippen LogP contribution < -0.4 is 14.8 Å². The SMILES string of the molecule is COc1cccc(NC(=O)CCc2ccc(S(=O)(=O)N[C@H](C)c3ccccc3)cc2)c1. The van der Waals surface area contributed by atoms with E-state index in [4.69, 9.17) is 4.74 Å². The minimum Gasteiger partial charge on any atom is -0.497 e. The Morgan fingerprint density at radius 1 is 0.968 bits per heavy atom. The molecule has 3 aromatic rings. The number of hydrogen-bond donors (Lipinski definition) is 2. The van der Waals surface area contributed by atoms with Crippen molar-refractivity contribution in [3.05, 3.63) is 90.0 Å². The number of amides is 1. The van der Waals surface area contributed by atoms with Gasteiger partial charge in [0.1, 0.15) is 5.75 Å². The maximum absolute atomic E-state index is 12.7. The van der Waals surface area contributed by atoms with Crippen LogP contribution in [0.1, 0.15) is 30.5 Å². The van der Waals surface area contributed by atoms with Crippen LogP contribution in [0.4, 0.5) is 5.69 Å². The summed E-state index contributed by atoms with van der Waals surface area (Å²) in [6, 6.07) is 22.8. The summed E-state index contributed by atoms with van der Waals surface area (Å²) in [4.78, 5) is 12.4. The Morgan fingerprint density at radius 2 is 1.68 bits per heavy atom. The summed E-state index contributed by atoms with van der Waals surface area (Å²) in [5, 5.41) is 2.83. The molecule has 31 heavy (non-hydrogen) atoms. The second-order valence-electron chi connectivity index (χ2n) is 7.18. The van der Waals surface area contributed by atoms with Gasteiger partial charge < -0.3 is 10.1 Å². The first-order chi connectivity index (χ1) is 14.9. The first-order valence-electron chi connectivity index (χ1n) is 9.97. The number of carbonyl (C=O) groups excluding carboxylic acids is 1. The summed E-state index contributed by atoms with van der Waals surface area (Å²) >= 11 is 0. The molecule has 7 heteroatoms. The summed E-state index contributed by atoms with van der Waals surface area (Å²) in [6.45, 7) is 1.81. The summed E-state index contributed by atoms with van der Waals surface area (Å²) in [6.07, 6.45) is 0.788. The van der Waals surface area contributed by atoms with E-state index in [9.17, 15) is 13.2 Å². The van der Waals surface area contributed by atoms with Crippen molar-refractivity contribution in [2.24, 2.45) is 0 Å². The van der Waals surface area contributed by atoms with E-state index in [1.54, 1.807) is 55.6 Å². The molecule has 0 unspecified atom stereocenters. The number of sulfonamides is 1. The van der Waals surface area contributed by atoms with E-state index < -0.39 is 10.0 Å². The second-order valence-corrected chi connectivity index (χ2v) is 8.89. The smallest absolute Gasteiger partial charge is 0.241 e. The molecular formula is C24H26N2O4S. The van der Waals surface area contributed by atoms with Crippen LogP contribution in [0.3, 0.4) is 0 Å². The lowest BCUT2D eigenvalue weighted by atomic mass is 10.1. The topological polar surface area (TPSA) is 84.5 Å². The molecule has 0 saturated heterocycles. The van der Waals surface area contributed by atoms with Gasteiger partial charge in [-0.25, -0.2) is 13.1 Å². The molecule has 1 atom stereocenters. The molecule has 162 valence electrons. The molecule has 0 aliphatic rings. The minimum atomic E-state index is -3.64. The molecule has 0 fully saturated rings. The lowest BCUT2D eigenvalue weighted by Crippen LogP contribution is -2.26. The standard InChI is InChI=1S/C24H26N2O4S/c1-18(20-7-4-3-5-8-20)26-31(28,29)23-14-11-19(12-15-23)13-16-24(27)25-21-9-6-10-22(17-21)30-2/h3-12,14-15,17-18,26H,13,16H2,1-2H3,(H,25,27)/t18-/m1/s1. The van der Waals surface area contributed by atoms with Crippen molar-refractivity contribution in [2.75, 3.05) is 12.4 Å². The minimum absolute atomic E-state index is 0.122. The van der Waals surface area contributed by atoms with Gasteiger partial charge in [0, 0.05) is 24.2 Å². The Hall–Kier alpha value is -3.16. The van der Waals surface area contributed by atoms with Crippen molar-refractivity contribution >= 4 is 21.6 Å². The maximum Gasteiger partial charge on any atom is 0.241 e. The molecule has 0 saturated carbocycles. The molecule has 3 aromatic carbocycles. The lowest BCUT2D eigenvalue weighted by Gasteiger charge is -2.15. The Labute approximate surface area is 183 Å². The van der Waals surface area contributed by atoms with Gasteiger partial charge in [0.2, 0.25) is 15.9 Å². The van der Waals surface area contributed by atoms with E-state index in [1.165, 1.54) is 0 Å². The van der Waals surface area contributed by atoms with Crippen molar-refractivity contribution in [1.29, 1.82) is 0 Å². The van der Waals surface area contributed by atoms with Crippen molar-refractivity contribution in [2.45, 2.75) is 30.7 Å². The van der Waals surface area contributed by atoms with Gasteiger partial charge in [0.15, 0.2) is 0 Å². The van der Waals surface area contributed by atoms with Crippen molar-refractivity contribution in [3.8, 4) is 5.75 Å². The average Bonchev–Trinajstić information content (AvgIpc) is 2.78. The van der Waals surface area contributed by atoms with Crippen LogP contribution in [0, 0.1) is 0 Å². The van der Waals surface area contributed by atoms with Crippen molar-refractivity contribution in [1.82, 2.24) is 4.72 Å². The van der Waals surface area contributed by atoms with E-state index in [0.29, 0.717) is 17.9 Å². The summed E-state index contributed by atoms with van der Waals surface area (Å²) in [7, 11) is -2.07. The average molecular weight is 439 g/mol. The monoisotopic (exact) mass is 438 g/mol. The van der Waals surface area contributed by atoms with Crippen LogP contribution in [0.25, 0.3) is 0 Å². The normalized spacial score (nSPS) is 12.2. The molecule has 0 bridgehead atoms. The van der Waals surface area contributed by atoms with Crippen LogP contribution in [-0.2, 0) is 21.2 Å². The number of methoxy groups -OCH3 is 1. The third kappa shape index (κ3) is 6.41. The molecule has 2 N–H and O–H groups in total. The number of aryl methyl sites for hydroxylation is 1. The molecule has 3 rings (SSSR count). The predicted octanol–water partition coefficient (Wildman–Crippen LogP) is 4.31. The number of nitrogens with one attached hydrogen (secondary N) is 2. The number of rotatable bonds is 9. The first kappa shape index (κ1) is 22.5. The highest BCUT2D eigenvalue weighted by Crippen LogP contribution is 2.19. The van der Waals surface area contributed by atoms with Crippen LogP contribution in [-0.4, -0.2) is 21.4 Å². The number of carbonyl (C=O) groups is 1. The van der Waals surface area contributed by atoms with Gasteiger partial charge in [-0.1, -0.05) is 48.5 Å². The molecule has 0 heterocycles. The van der Waals surface area contributed by atoms with Crippen LogP contribution in [0.15, 0.2) is 83.8 Å². The van der Waals surface area contributed by atoms with E-state index in [0.717, 1.165) is 11.1 Å². The van der Waals surface area contributed by atoms with Gasteiger partial charge in [-0.2, -0.15) is 0 Å². The molecule has 0 radical (unpaired) electrons.